The maximum absolute atomic E-state index is 13.0. The van der Waals surface area contributed by atoms with E-state index in [0.717, 1.165) is 55.2 Å². The fourth-order valence-corrected chi connectivity index (χ4v) is 4.97. The van der Waals surface area contributed by atoms with Crippen LogP contribution in [0.25, 0.3) is 10.9 Å². The topological polar surface area (TPSA) is 65.2 Å². The molecule has 1 saturated heterocycles. The molecular weight excluding hydrogens is 374 g/mol. The number of hydrogen-bond donors (Lipinski definition) is 2. The van der Waals surface area contributed by atoms with Gasteiger partial charge < -0.3 is 15.2 Å². The molecule has 5 heteroatoms. The molecule has 0 radical (unpaired) electrons. The smallest absolute Gasteiger partial charge is 0.255 e. The average molecular weight is 402 g/mol. The molecule has 2 aromatic carbocycles. The number of amides is 2. The van der Waals surface area contributed by atoms with E-state index in [2.05, 4.69) is 22.4 Å². The zero-order valence-electron chi connectivity index (χ0n) is 17.1. The molecule has 0 saturated carbocycles. The summed E-state index contributed by atoms with van der Waals surface area (Å²) in [6.07, 6.45) is 5.62. The maximum Gasteiger partial charge on any atom is 0.255 e. The molecule has 154 valence electrons. The Bertz CT molecular complexity index is 1080. The van der Waals surface area contributed by atoms with Crippen LogP contribution in [0.4, 0.5) is 0 Å². The second-order valence-electron chi connectivity index (χ2n) is 8.52. The summed E-state index contributed by atoms with van der Waals surface area (Å²) >= 11 is 0. The summed E-state index contributed by atoms with van der Waals surface area (Å²) in [4.78, 5) is 30.9. The summed E-state index contributed by atoms with van der Waals surface area (Å²) in [5.41, 5.74) is 4.15. The first-order valence-electron chi connectivity index (χ1n) is 10.9. The van der Waals surface area contributed by atoms with Crippen molar-refractivity contribution < 1.29 is 9.59 Å². The highest BCUT2D eigenvalue weighted by atomic mass is 16.2. The van der Waals surface area contributed by atoms with Gasteiger partial charge in [0.05, 0.1) is 17.0 Å². The lowest BCUT2D eigenvalue weighted by Gasteiger charge is -2.32. The summed E-state index contributed by atoms with van der Waals surface area (Å²) in [5.74, 6) is 0.657. The first-order chi connectivity index (χ1) is 14.7. The van der Waals surface area contributed by atoms with E-state index in [9.17, 15) is 9.59 Å². The summed E-state index contributed by atoms with van der Waals surface area (Å²) in [5, 5.41) is 4.25. The molecule has 2 heterocycles. The predicted octanol–water partition coefficient (Wildman–Crippen LogP) is 3.87. The molecule has 2 aliphatic rings. The summed E-state index contributed by atoms with van der Waals surface area (Å²) in [6.45, 7) is 2.18. The van der Waals surface area contributed by atoms with E-state index < -0.39 is 0 Å². The molecule has 1 aliphatic heterocycles. The van der Waals surface area contributed by atoms with E-state index in [-0.39, 0.29) is 17.7 Å². The third-order valence-electron chi connectivity index (χ3n) is 6.73. The third kappa shape index (κ3) is 3.49. The van der Waals surface area contributed by atoms with Crippen LogP contribution in [-0.4, -0.2) is 41.3 Å². The van der Waals surface area contributed by atoms with Crippen LogP contribution in [-0.2, 0) is 11.2 Å². The first-order valence-corrected chi connectivity index (χ1v) is 10.9. The van der Waals surface area contributed by atoms with Crippen LogP contribution in [0.2, 0.25) is 0 Å². The van der Waals surface area contributed by atoms with Crippen molar-refractivity contribution in [2.75, 3.05) is 19.6 Å². The molecule has 1 unspecified atom stereocenters. The molecule has 2 N–H and O–H groups in total. The van der Waals surface area contributed by atoms with Gasteiger partial charge in [0.1, 0.15) is 0 Å². The van der Waals surface area contributed by atoms with Crippen molar-refractivity contribution in [3.63, 3.8) is 0 Å². The predicted molar refractivity (Wildman–Crippen MR) is 117 cm³/mol. The Labute approximate surface area is 176 Å². The van der Waals surface area contributed by atoms with Gasteiger partial charge in [-0.15, -0.1) is 0 Å². The molecule has 1 aromatic heterocycles. The number of likely N-dealkylation sites (tertiary alicyclic amines) is 1. The molecule has 1 aliphatic carbocycles. The normalized spacial score (nSPS) is 19.1. The van der Waals surface area contributed by atoms with E-state index >= 15 is 0 Å². The van der Waals surface area contributed by atoms with Gasteiger partial charge in [-0.25, -0.2) is 0 Å². The van der Waals surface area contributed by atoms with Gasteiger partial charge >= 0.3 is 0 Å². The van der Waals surface area contributed by atoms with Crippen molar-refractivity contribution >= 4 is 22.7 Å². The number of benzene rings is 2. The van der Waals surface area contributed by atoms with Crippen LogP contribution in [0.5, 0.6) is 0 Å². The first kappa shape index (κ1) is 18.9. The number of carbonyl (C=O) groups is 2. The van der Waals surface area contributed by atoms with E-state index in [1.165, 1.54) is 11.1 Å². The molecule has 1 atom stereocenters. The van der Waals surface area contributed by atoms with Crippen molar-refractivity contribution in [2.45, 2.75) is 31.6 Å². The van der Waals surface area contributed by atoms with Crippen LogP contribution in [0, 0.1) is 5.92 Å². The monoisotopic (exact) mass is 401 g/mol. The number of piperidine rings is 1. The van der Waals surface area contributed by atoms with Crippen molar-refractivity contribution in [2.24, 2.45) is 5.92 Å². The van der Waals surface area contributed by atoms with E-state index in [4.69, 9.17) is 0 Å². The van der Waals surface area contributed by atoms with Gasteiger partial charge in [-0.3, -0.25) is 9.59 Å². The number of nitrogens with one attached hydrogen (secondary N) is 2. The lowest BCUT2D eigenvalue weighted by atomic mass is 9.95. The highest BCUT2D eigenvalue weighted by Crippen LogP contribution is 2.33. The Kier molecular flexibility index (Phi) is 5.03. The number of nitrogens with zero attached hydrogens (tertiary/aromatic N) is 1. The highest BCUT2D eigenvalue weighted by molar-refractivity contribution is 6.05. The largest absolute Gasteiger partial charge is 0.361 e. The molecule has 1 fully saturated rings. The molecule has 0 spiro atoms. The van der Waals surface area contributed by atoms with Crippen LogP contribution >= 0.6 is 0 Å². The molecule has 5 nitrogen and oxygen atoms in total. The van der Waals surface area contributed by atoms with E-state index in [1.54, 1.807) is 0 Å². The van der Waals surface area contributed by atoms with Crippen LogP contribution in [0.15, 0.2) is 54.7 Å². The van der Waals surface area contributed by atoms with Gasteiger partial charge in [-0.05, 0) is 54.9 Å². The highest BCUT2D eigenvalue weighted by Gasteiger charge is 2.29. The zero-order chi connectivity index (χ0) is 20.5. The number of aromatic amines is 1. The molecule has 2 amide bonds. The Morgan fingerprint density at radius 2 is 1.83 bits per heavy atom. The van der Waals surface area contributed by atoms with Gasteiger partial charge in [0.15, 0.2) is 0 Å². The number of aromatic nitrogens is 1. The Balaban J connectivity index is 1.15. The Hall–Kier alpha value is -3.08. The van der Waals surface area contributed by atoms with Gasteiger partial charge in [-0.1, -0.05) is 36.4 Å². The van der Waals surface area contributed by atoms with E-state index in [1.807, 2.05) is 47.5 Å². The minimum Gasteiger partial charge on any atom is -0.361 e. The second-order valence-corrected chi connectivity index (χ2v) is 8.52. The maximum atomic E-state index is 13.0. The quantitative estimate of drug-likeness (QED) is 0.697. The zero-order valence-corrected chi connectivity index (χ0v) is 17.1. The number of rotatable bonds is 4. The fraction of sp³-hybridized carbons (Fsp3) is 0.360. The molecule has 30 heavy (non-hydrogen) atoms. The SMILES string of the molecule is O=C(NCC1CCN(C(=O)c2cccc3cc[nH]c23)CC1)C1CCc2ccccc21. The standard InChI is InChI=1S/C25H27N3O2/c29-24(21-9-8-18-4-1-2-6-20(18)21)27-16-17-11-14-28(15-12-17)25(30)22-7-3-5-19-10-13-26-23(19)22/h1-7,10,13,17,21,26H,8-9,11-12,14-16H2,(H,27,29). The van der Waals surface area contributed by atoms with E-state index in [0.29, 0.717) is 12.5 Å². The van der Waals surface area contributed by atoms with Crippen LogP contribution in [0.3, 0.4) is 0 Å². The Morgan fingerprint density at radius 1 is 1.00 bits per heavy atom. The van der Waals surface area contributed by atoms with Gasteiger partial charge in [0.25, 0.3) is 5.91 Å². The fourth-order valence-electron chi connectivity index (χ4n) is 4.97. The van der Waals surface area contributed by atoms with Gasteiger partial charge in [-0.2, -0.15) is 0 Å². The second kappa shape index (κ2) is 7.98. The summed E-state index contributed by atoms with van der Waals surface area (Å²) < 4.78 is 0. The summed E-state index contributed by atoms with van der Waals surface area (Å²) in [7, 11) is 0. The van der Waals surface area contributed by atoms with Crippen LogP contribution < -0.4 is 5.32 Å². The van der Waals surface area contributed by atoms with Crippen molar-refractivity contribution in [1.82, 2.24) is 15.2 Å². The van der Waals surface area contributed by atoms with Gasteiger partial charge in [0, 0.05) is 31.2 Å². The van der Waals surface area contributed by atoms with Crippen LogP contribution in [0.1, 0.15) is 46.7 Å². The number of aryl methyl sites for hydroxylation is 1. The van der Waals surface area contributed by atoms with Gasteiger partial charge in [0.2, 0.25) is 5.91 Å². The van der Waals surface area contributed by atoms with Crippen molar-refractivity contribution in [3.05, 3.63) is 71.4 Å². The minimum atomic E-state index is -0.0100. The number of para-hydroxylation sites is 1. The lowest BCUT2D eigenvalue weighted by molar-refractivity contribution is -0.122. The number of carbonyl (C=O) groups excluding carboxylic acids is 2. The molecular formula is C25H27N3O2. The summed E-state index contributed by atoms with van der Waals surface area (Å²) in [6, 6.07) is 16.1. The average Bonchev–Trinajstić information content (AvgIpc) is 3.44. The molecule has 5 rings (SSSR count). The molecule has 3 aromatic rings. The lowest BCUT2D eigenvalue weighted by Crippen LogP contribution is -2.42. The molecule has 0 bridgehead atoms. The number of hydrogen-bond acceptors (Lipinski definition) is 2. The van der Waals surface area contributed by atoms with Crippen molar-refractivity contribution in [1.29, 1.82) is 0 Å². The van der Waals surface area contributed by atoms with Crippen molar-refractivity contribution in [3.8, 4) is 0 Å². The Morgan fingerprint density at radius 3 is 2.70 bits per heavy atom. The number of fused-ring (bicyclic) bond motifs is 2. The number of H-pyrrole nitrogens is 1. The minimum absolute atomic E-state index is 0.0100. The third-order valence-corrected chi connectivity index (χ3v) is 6.73.